The number of hydrogen-bond acceptors (Lipinski definition) is 2. The zero-order valence-corrected chi connectivity index (χ0v) is 11.9. The first-order valence-electron chi connectivity index (χ1n) is 6.79. The van der Waals surface area contributed by atoms with Crippen molar-refractivity contribution in [1.29, 1.82) is 5.41 Å². The standard InChI is InChI=1S/C16H21N3/c1-4-5-6-15-12(2)11-19(13(3)17)16(15)14-7-9-18-10-8-14/h5-10,12,17H,4,11H2,1-3H3/b6-5-,17-13?. The molecule has 0 radical (unpaired) electrons. The van der Waals surface area contributed by atoms with Gasteiger partial charge in [-0.1, -0.05) is 26.0 Å². The summed E-state index contributed by atoms with van der Waals surface area (Å²) in [5.74, 6) is 1.05. The first-order chi connectivity index (χ1) is 9.15. The first kappa shape index (κ1) is 13.5. The molecule has 0 amide bonds. The van der Waals surface area contributed by atoms with E-state index >= 15 is 0 Å². The van der Waals surface area contributed by atoms with Gasteiger partial charge in [0.05, 0.1) is 11.5 Å². The Kier molecular flexibility index (Phi) is 4.15. The van der Waals surface area contributed by atoms with Crippen LogP contribution in [0.1, 0.15) is 32.8 Å². The molecule has 1 atom stereocenters. The predicted molar refractivity (Wildman–Crippen MR) is 79.9 cm³/mol. The molecule has 0 bridgehead atoms. The van der Waals surface area contributed by atoms with Crippen molar-refractivity contribution in [2.45, 2.75) is 27.2 Å². The molecule has 0 saturated heterocycles. The maximum Gasteiger partial charge on any atom is 0.0971 e. The van der Waals surface area contributed by atoms with Crippen LogP contribution < -0.4 is 0 Å². The van der Waals surface area contributed by atoms with Gasteiger partial charge in [-0.15, -0.1) is 0 Å². The second-order valence-corrected chi connectivity index (χ2v) is 4.95. The lowest BCUT2D eigenvalue weighted by atomic mass is 10.00. The van der Waals surface area contributed by atoms with Crippen molar-refractivity contribution < 1.29 is 0 Å². The van der Waals surface area contributed by atoms with Gasteiger partial charge in [-0.05, 0) is 31.1 Å². The summed E-state index contributed by atoms with van der Waals surface area (Å²) < 4.78 is 0. The highest BCUT2D eigenvalue weighted by Gasteiger charge is 2.28. The van der Waals surface area contributed by atoms with Crippen molar-refractivity contribution in [1.82, 2.24) is 9.88 Å². The fourth-order valence-corrected chi connectivity index (χ4v) is 2.48. The minimum Gasteiger partial charge on any atom is -0.329 e. The van der Waals surface area contributed by atoms with Crippen LogP contribution in [0.4, 0.5) is 0 Å². The average Bonchev–Trinajstić information content (AvgIpc) is 2.74. The number of pyridine rings is 1. The first-order valence-corrected chi connectivity index (χ1v) is 6.79. The van der Waals surface area contributed by atoms with Crippen LogP contribution in [0.15, 0.2) is 42.3 Å². The van der Waals surface area contributed by atoms with Crippen LogP contribution in [0.2, 0.25) is 0 Å². The molecule has 1 aromatic heterocycles. The third-order valence-electron chi connectivity index (χ3n) is 3.42. The molecule has 19 heavy (non-hydrogen) atoms. The summed E-state index contributed by atoms with van der Waals surface area (Å²) in [4.78, 5) is 6.17. The second-order valence-electron chi connectivity index (χ2n) is 4.95. The van der Waals surface area contributed by atoms with E-state index in [2.05, 4.69) is 35.9 Å². The Balaban J connectivity index is 2.52. The maximum atomic E-state index is 7.98. The molecule has 1 aliphatic heterocycles. The second kappa shape index (κ2) is 5.83. The Morgan fingerprint density at radius 1 is 1.47 bits per heavy atom. The minimum atomic E-state index is 0.450. The highest BCUT2D eigenvalue weighted by atomic mass is 15.2. The summed E-state index contributed by atoms with van der Waals surface area (Å²) >= 11 is 0. The van der Waals surface area contributed by atoms with Gasteiger partial charge in [0, 0.05) is 30.4 Å². The molecule has 2 rings (SSSR count). The maximum absolute atomic E-state index is 7.98. The van der Waals surface area contributed by atoms with Gasteiger partial charge in [0.2, 0.25) is 0 Å². The molecule has 0 spiro atoms. The topological polar surface area (TPSA) is 40.0 Å². The van der Waals surface area contributed by atoms with E-state index in [1.54, 1.807) is 0 Å². The number of rotatable bonds is 3. The Bertz CT molecular complexity index is 514. The molecule has 3 heteroatoms. The number of nitrogens with zero attached hydrogens (tertiary/aromatic N) is 2. The molecule has 0 aliphatic carbocycles. The number of aromatic nitrogens is 1. The monoisotopic (exact) mass is 255 g/mol. The number of allylic oxidation sites excluding steroid dienone is 2. The summed E-state index contributed by atoms with van der Waals surface area (Å²) in [6, 6.07) is 4.03. The average molecular weight is 255 g/mol. The van der Waals surface area contributed by atoms with Gasteiger partial charge < -0.3 is 4.90 Å². The van der Waals surface area contributed by atoms with Crippen LogP contribution in [0.25, 0.3) is 5.70 Å². The number of amidine groups is 1. The van der Waals surface area contributed by atoms with Crippen molar-refractivity contribution in [2.75, 3.05) is 6.54 Å². The summed E-state index contributed by atoms with van der Waals surface area (Å²) in [5.41, 5.74) is 3.62. The SMILES string of the molecule is CC/C=C\C1=C(c2ccncc2)N(C(C)=N)CC1C. The molecule has 2 heterocycles. The molecule has 1 aliphatic rings. The summed E-state index contributed by atoms with van der Waals surface area (Å²) in [6.45, 7) is 7.10. The third kappa shape index (κ3) is 2.75. The predicted octanol–water partition coefficient (Wildman–Crippen LogP) is 3.71. The van der Waals surface area contributed by atoms with Crippen LogP contribution in [-0.4, -0.2) is 22.3 Å². The Labute approximate surface area is 115 Å². The highest BCUT2D eigenvalue weighted by molar-refractivity contribution is 5.90. The molecule has 0 aromatic carbocycles. The number of nitrogens with one attached hydrogen (secondary N) is 1. The van der Waals surface area contributed by atoms with Gasteiger partial charge in [-0.25, -0.2) is 0 Å². The summed E-state index contributed by atoms with van der Waals surface area (Å²) in [7, 11) is 0. The Hall–Kier alpha value is -1.90. The Morgan fingerprint density at radius 3 is 2.74 bits per heavy atom. The van der Waals surface area contributed by atoms with E-state index in [4.69, 9.17) is 5.41 Å². The zero-order chi connectivity index (χ0) is 13.8. The van der Waals surface area contributed by atoms with Crippen LogP contribution in [0.3, 0.4) is 0 Å². The van der Waals surface area contributed by atoms with Crippen molar-refractivity contribution in [3.05, 3.63) is 47.8 Å². The van der Waals surface area contributed by atoms with Crippen molar-refractivity contribution in [3.63, 3.8) is 0 Å². The zero-order valence-electron chi connectivity index (χ0n) is 11.9. The normalized spacial score (nSPS) is 19.5. The van der Waals surface area contributed by atoms with E-state index in [1.807, 2.05) is 31.5 Å². The smallest absolute Gasteiger partial charge is 0.0971 e. The minimum absolute atomic E-state index is 0.450. The third-order valence-corrected chi connectivity index (χ3v) is 3.42. The van der Waals surface area contributed by atoms with Crippen molar-refractivity contribution >= 4 is 11.5 Å². The molecular weight excluding hydrogens is 234 g/mol. The van der Waals surface area contributed by atoms with Gasteiger partial charge in [0.15, 0.2) is 0 Å². The van der Waals surface area contributed by atoms with Crippen LogP contribution in [0.5, 0.6) is 0 Å². The molecule has 0 saturated carbocycles. The van der Waals surface area contributed by atoms with E-state index < -0.39 is 0 Å². The largest absolute Gasteiger partial charge is 0.329 e. The lowest BCUT2D eigenvalue weighted by Crippen LogP contribution is -2.25. The fourth-order valence-electron chi connectivity index (χ4n) is 2.48. The molecular formula is C16H21N3. The van der Waals surface area contributed by atoms with Crippen LogP contribution in [-0.2, 0) is 0 Å². The summed E-state index contributed by atoms with van der Waals surface area (Å²) in [5, 5.41) is 7.98. The molecule has 100 valence electrons. The lowest BCUT2D eigenvalue weighted by Gasteiger charge is -2.21. The van der Waals surface area contributed by atoms with Crippen LogP contribution in [0, 0.1) is 11.3 Å². The van der Waals surface area contributed by atoms with Gasteiger partial charge in [-0.3, -0.25) is 10.4 Å². The van der Waals surface area contributed by atoms with Gasteiger partial charge in [0.25, 0.3) is 0 Å². The fraction of sp³-hybridized carbons (Fsp3) is 0.375. The molecule has 1 unspecified atom stereocenters. The quantitative estimate of drug-likeness (QED) is 0.660. The Morgan fingerprint density at radius 2 is 2.16 bits per heavy atom. The molecule has 0 fully saturated rings. The van der Waals surface area contributed by atoms with Gasteiger partial charge >= 0.3 is 0 Å². The van der Waals surface area contributed by atoms with E-state index in [0.717, 1.165) is 24.2 Å². The molecule has 1 N–H and O–H groups in total. The van der Waals surface area contributed by atoms with Crippen molar-refractivity contribution in [3.8, 4) is 0 Å². The van der Waals surface area contributed by atoms with E-state index in [1.165, 1.54) is 5.57 Å². The van der Waals surface area contributed by atoms with Gasteiger partial charge in [0.1, 0.15) is 0 Å². The van der Waals surface area contributed by atoms with Gasteiger partial charge in [-0.2, -0.15) is 0 Å². The highest BCUT2D eigenvalue weighted by Crippen LogP contribution is 2.35. The van der Waals surface area contributed by atoms with E-state index in [9.17, 15) is 0 Å². The van der Waals surface area contributed by atoms with E-state index in [0.29, 0.717) is 11.8 Å². The lowest BCUT2D eigenvalue weighted by molar-refractivity contribution is 0.538. The molecule has 3 nitrogen and oxygen atoms in total. The molecule has 1 aromatic rings. The van der Waals surface area contributed by atoms with Crippen molar-refractivity contribution in [2.24, 2.45) is 5.92 Å². The number of hydrogen-bond donors (Lipinski definition) is 1. The van der Waals surface area contributed by atoms with Crippen LogP contribution >= 0.6 is 0 Å². The van der Waals surface area contributed by atoms with E-state index in [-0.39, 0.29) is 0 Å². The summed E-state index contributed by atoms with van der Waals surface area (Å²) in [6.07, 6.45) is 9.05.